The number of fused-ring (bicyclic) bond motifs is 1. The van der Waals surface area contributed by atoms with E-state index in [4.69, 9.17) is 0 Å². The number of aromatic nitrogens is 3. The second kappa shape index (κ2) is 8.20. The Morgan fingerprint density at radius 2 is 1.77 bits per heavy atom. The molecular formula is C23H22N4O2S. The van der Waals surface area contributed by atoms with Crippen LogP contribution in [0, 0.1) is 20.8 Å². The summed E-state index contributed by atoms with van der Waals surface area (Å²) in [5, 5.41) is 9.12. The van der Waals surface area contributed by atoms with Crippen LogP contribution in [0.5, 0.6) is 0 Å². The number of ketones is 1. The van der Waals surface area contributed by atoms with E-state index in [9.17, 15) is 9.59 Å². The number of thiazole rings is 1. The highest BCUT2D eigenvalue weighted by Crippen LogP contribution is 2.26. The number of carbonyl (C=O) groups excluding carboxylic acids is 2. The minimum Gasteiger partial charge on any atom is -0.294 e. The van der Waals surface area contributed by atoms with Gasteiger partial charge in [-0.1, -0.05) is 42.0 Å². The van der Waals surface area contributed by atoms with Gasteiger partial charge in [0.15, 0.2) is 5.78 Å². The van der Waals surface area contributed by atoms with Gasteiger partial charge in [-0.3, -0.25) is 14.9 Å². The largest absolute Gasteiger partial charge is 0.294 e. The molecule has 152 valence electrons. The second-order valence-electron chi connectivity index (χ2n) is 7.39. The number of aryl methyl sites for hydroxylation is 3. The average Bonchev–Trinajstić information content (AvgIpc) is 3.29. The molecule has 0 spiro atoms. The van der Waals surface area contributed by atoms with Crippen molar-refractivity contribution in [3.05, 3.63) is 70.1 Å². The molecule has 2 aromatic carbocycles. The second-order valence-corrected chi connectivity index (χ2v) is 8.22. The number of nitrogens with zero attached hydrogens (tertiary/aromatic N) is 3. The van der Waals surface area contributed by atoms with E-state index in [1.54, 1.807) is 10.6 Å². The highest BCUT2D eigenvalue weighted by molar-refractivity contribution is 7.15. The fourth-order valence-electron chi connectivity index (χ4n) is 3.13. The summed E-state index contributed by atoms with van der Waals surface area (Å²) >= 11 is 1.46. The first-order valence-corrected chi connectivity index (χ1v) is 10.6. The minimum atomic E-state index is -0.276. The Labute approximate surface area is 178 Å². The van der Waals surface area contributed by atoms with Crippen molar-refractivity contribution in [1.29, 1.82) is 0 Å². The summed E-state index contributed by atoms with van der Waals surface area (Å²) in [6, 6.07) is 13.8. The van der Waals surface area contributed by atoms with E-state index in [1.165, 1.54) is 16.9 Å². The maximum absolute atomic E-state index is 12.4. The van der Waals surface area contributed by atoms with Crippen LogP contribution in [0.25, 0.3) is 16.2 Å². The molecule has 0 bridgehead atoms. The number of carbonyl (C=O) groups is 2. The SMILES string of the molecule is Cc1ccc(-c2csc3nc(NC(=O)CCC(=O)c4ccc(C)c(C)c4)nn23)cc1. The molecule has 1 amide bonds. The molecule has 2 aromatic heterocycles. The molecule has 1 N–H and O–H groups in total. The third kappa shape index (κ3) is 4.16. The lowest BCUT2D eigenvalue weighted by atomic mass is 10.0. The summed E-state index contributed by atoms with van der Waals surface area (Å²) in [6.45, 7) is 6.02. The van der Waals surface area contributed by atoms with Gasteiger partial charge in [0.25, 0.3) is 0 Å². The Morgan fingerprint density at radius 1 is 1.00 bits per heavy atom. The molecule has 4 aromatic rings. The fraction of sp³-hybridized carbons (Fsp3) is 0.217. The third-order valence-corrected chi connectivity index (χ3v) is 5.90. The van der Waals surface area contributed by atoms with Crippen molar-refractivity contribution in [2.45, 2.75) is 33.6 Å². The summed E-state index contributed by atoms with van der Waals surface area (Å²) in [4.78, 5) is 29.8. The van der Waals surface area contributed by atoms with Crippen molar-refractivity contribution in [2.75, 3.05) is 5.32 Å². The number of Topliss-reactive ketones (excluding diaryl/α,β-unsaturated/α-hetero) is 1. The van der Waals surface area contributed by atoms with Crippen molar-refractivity contribution in [3.63, 3.8) is 0 Å². The quantitative estimate of drug-likeness (QED) is 0.448. The fourth-order valence-corrected chi connectivity index (χ4v) is 3.96. The van der Waals surface area contributed by atoms with Crippen LogP contribution in [0.1, 0.15) is 39.9 Å². The van der Waals surface area contributed by atoms with Gasteiger partial charge < -0.3 is 0 Å². The smallest absolute Gasteiger partial charge is 0.250 e. The predicted octanol–water partition coefficient (Wildman–Crippen LogP) is 4.98. The van der Waals surface area contributed by atoms with Crippen LogP contribution < -0.4 is 5.32 Å². The van der Waals surface area contributed by atoms with E-state index in [-0.39, 0.29) is 30.5 Å². The Kier molecular flexibility index (Phi) is 5.46. The molecule has 0 aliphatic carbocycles. The Balaban J connectivity index is 1.41. The number of nitrogens with one attached hydrogen (secondary N) is 1. The van der Waals surface area contributed by atoms with Gasteiger partial charge in [-0.25, -0.2) is 4.52 Å². The molecule has 0 aliphatic heterocycles. The van der Waals surface area contributed by atoms with Gasteiger partial charge in [-0.05, 0) is 38.0 Å². The lowest BCUT2D eigenvalue weighted by Crippen LogP contribution is -2.14. The van der Waals surface area contributed by atoms with E-state index >= 15 is 0 Å². The molecular weight excluding hydrogens is 396 g/mol. The Morgan fingerprint density at radius 3 is 2.50 bits per heavy atom. The van der Waals surface area contributed by atoms with Crippen LogP contribution in [-0.4, -0.2) is 26.3 Å². The monoisotopic (exact) mass is 418 g/mol. The highest BCUT2D eigenvalue weighted by Gasteiger charge is 2.15. The lowest BCUT2D eigenvalue weighted by Gasteiger charge is -2.05. The van der Waals surface area contributed by atoms with Crippen molar-refractivity contribution in [3.8, 4) is 11.3 Å². The average molecular weight is 419 g/mol. The Hall–Kier alpha value is -3.32. The molecule has 0 fully saturated rings. The number of anilines is 1. The van der Waals surface area contributed by atoms with E-state index in [2.05, 4.69) is 15.4 Å². The summed E-state index contributed by atoms with van der Waals surface area (Å²) < 4.78 is 1.73. The summed E-state index contributed by atoms with van der Waals surface area (Å²) in [5.74, 6) is -0.0742. The van der Waals surface area contributed by atoms with Crippen LogP contribution in [0.3, 0.4) is 0 Å². The predicted molar refractivity (Wildman–Crippen MR) is 119 cm³/mol. The molecule has 6 nitrogen and oxygen atoms in total. The molecule has 0 saturated carbocycles. The van der Waals surface area contributed by atoms with Gasteiger partial charge in [0.05, 0.1) is 5.69 Å². The van der Waals surface area contributed by atoms with Gasteiger partial charge in [-0.2, -0.15) is 4.98 Å². The van der Waals surface area contributed by atoms with Crippen LogP contribution in [0.2, 0.25) is 0 Å². The van der Waals surface area contributed by atoms with Crippen molar-refractivity contribution in [1.82, 2.24) is 14.6 Å². The summed E-state index contributed by atoms with van der Waals surface area (Å²) in [7, 11) is 0. The van der Waals surface area contributed by atoms with Crippen LogP contribution in [-0.2, 0) is 4.79 Å². The van der Waals surface area contributed by atoms with Crippen LogP contribution in [0.4, 0.5) is 5.95 Å². The number of benzene rings is 2. The first-order chi connectivity index (χ1) is 14.4. The molecule has 4 rings (SSSR count). The zero-order chi connectivity index (χ0) is 21.3. The van der Waals surface area contributed by atoms with Gasteiger partial charge in [0.2, 0.25) is 16.8 Å². The molecule has 30 heavy (non-hydrogen) atoms. The highest BCUT2D eigenvalue weighted by atomic mass is 32.1. The molecule has 0 atom stereocenters. The van der Waals surface area contributed by atoms with E-state index in [0.717, 1.165) is 22.4 Å². The number of rotatable bonds is 6. The first kappa shape index (κ1) is 20.0. The third-order valence-electron chi connectivity index (χ3n) is 5.09. The van der Waals surface area contributed by atoms with Crippen molar-refractivity contribution in [2.24, 2.45) is 0 Å². The Bertz CT molecular complexity index is 1240. The first-order valence-electron chi connectivity index (χ1n) is 9.72. The summed E-state index contributed by atoms with van der Waals surface area (Å²) in [5.41, 5.74) is 5.99. The molecule has 0 radical (unpaired) electrons. The van der Waals surface area contributed by atoms with Gasteiger partial charge in [0.1, 0.15) is 0 Å². The van der Waals surface area contributed by atoms with E-state index in [1.807, 2.05) is 62.5 Å². The standard InChI is InChI=1S/C23H22N4O2S/c1-14-4-7-17(8-5-14)19-13-30-23-25-22(26-27(19)23)24-21(29)11-10-20(28)18-9-6-15(2)16(3)12-18/h4-9,12-13H,10-11H2,1-3H3,(H,24,26,29). The molecule has 0 saturated heterocycles. The summed E-state index contributed by atoms with van der Waals surface area (Å²) in [6.07, 6.45) is 0.231. The van der Waals surface area contributed by atoms with E-state index in [0.29, 0.717) is 10.5 Å². The van der Waals surface area contributed by atoms with E-state index < -0.39 is 0 Å². The lowest BCUT2D eigenvalue weighted by molar-refractivity contribution is -0.116. The van der Waals surface area contributed by atoms with Crippen molar-refractivity contribution >= 4 is 33.9 Å². The topological polar surface area (TPSA) is 76.4 Å². The normalized spacial score (nSPS) is 11.0. The minimum absolute atomic E-state index is 0.0475. The zero-order valence-corrected chi connectivity index (χ0v) is 17.9. The van der Waals surface area contributed by atoms with Crippen LogP contribution >= 0.6 is 11.3 Å². The number of amides is 1. The van der Waals surface area contributed by atoms with Gasteiger partial charge in [0, 0.05) is 29.3 Å². The molecule has 0 aliphatic rings. The number of hydrogen-bond acceptors (Lipinski definition) is 5. The molecule has 7 heteroatoms. The molecule has 2 heterocycles. The zero-order valence-electron chi connectivity index (χ0n) is 17.1. The van der Waals surface area contributed by atoms with Gasteiger partial charge in [-0.15, -0.1) is 16.4 Å². The van der Waals surface area contributed by atoms with Crippen molar-refractivity contribution < 1.29 is 9.59 Å². The maximum Gasteiger partial charge on any atom is 0.250 e. The van der Waals surface area contributed by atoms with Gasteiger partial charge >= 0.3 is 0 Å². The van der Waals surface area contributed by atoms with Crippen LogP contribution in [0.15, 0.2) is 47.8 Å². The molecule has 0 unspecified atom stereocenters. The number of hydrogen-bond donors (Lipinski definition) is 1. The maximum atomic E-state index is 12.4.